The summed E-state index contributed by atoms with van der Waals surface area (Å²) in [5, 5.41) is 12.5. The third-order valence-electron chi connectivity index (χ3n) is 9.30. The number of nitrogens with one attached hydrogen (secondary N) is 3. The molecule has 13 heteroatoms. The number of aryl methyl sites for hydroxylation is 1. The molecule has 1 aliphatic carbocycles. The number of nitrogens with zero attached hydrogens (tertiary/aromatic N) is 4. The van der Waals surface area contributed by atoms with Gasteiger partial charge < -0.3 is 30.5 Å². The number of aromatic nitrogens is 2. The molecule has 0 unspecified atom stereocenters. The van der Waals surface area contributed by atoms with Gasteiger partial charge in [-0.2, -0.15) is 5.10 Å². The van der Waals surface area contributed by atoms with Crippen LogP contribution in [0.2, 0.25) is 0 Å². The molecular formula is C33H48FN7O5. The van der Waals surface area contributed by atoms with E-state index in [0.717, 1.165) is 25.7 Å². The second-order valence-electron chi connectivity index (χ2n) is 12.6. The van der Waals surface area contributed by atoms with Gasteiger partial charge >= 0.3 is 0 Å². The number of anilines is 1. The Morgan fingerprint density at radius 1 is 1.04 bits per heavy atom. The summed E-state index contributed by atoms with van der Waals surface area (Å²) < 4.78 is 22.1. The van der Waals surface area contributed by atoms with E-state index in [1.54, 1.807) is 34.8 Å². The molecule has 2 aliphatic rings. The zero-order valence-corrected chi connectivity index (χ0v) is 27.6. The summed E-state index contributed by atoms with van der Waals surface area (Å²) in [4.78, 5) is 56.8. The Labute approximate surface area is 270 Å². The highest BCUT2D eigenvalue weighted by Crippen LogP contribution is 2.32. The average Bonchev–Trinajstić information content (AvgIpc) is 3.53. The lowest BCUT2D eigenvalue weighted by molar-refractivity contribution is -0.139. The highest BCUT2D eigenvalue weighted by atomic mass is 19.1. The number of likely N-dealkylation sites (N-methyl/N-ethyl adjacent to an activating group) is 1. The molecule has 0 spiro atoms. The van der Waals surface area contributed by atoms with Gasteiger partial charge in [-0.15, -0.1) is 0 Å². The maximum atomic E-state index is 15.6. The fraction of sp³-hybridized carbons (Fsp3) is 0.606. The first-order valence-corrected chi connectivity index (χ1v) is 16.2. The van der Waals surface area contributed by atoms with Crippen LogP contribution in [-0.4, -0.2) is 102 Å². The number of methoxy groups -OCH3 is 1. The summed E-state index contributed by atoms with van der Waals surface area (Å²) in [7, 11) is 3.38. The van der Waals surface area contributed by atoms with Crippen molar-refractivity contribution >= 4 is 29.3 Å². The molecule has 0 bridgehead atoms. The number of carbonyl (C=O) groups is 4. The summed E-state index contributed by atoms with van der Waals surface area (Å²) in [6.07, 6.45) is 4.95. The van der Waals surface area contributed by atoms with Crippen molar-refractivity contribution in [1.82, 2.24) is 30.2 Å². The molecule has 3 atom stereocenters. The SMILES string of the molecule is CCn1nccc1C(=O)N[C@H](C(=O)Nc1ccc([C@H](C)[C@@H](NC(=O)COC)C(=O)N2CCN(C)CC2)cc1F)C1CCC(C)CC1. The third kappa shape index (κ3) is 8.69. The van der Waals surface area contributed by atoms with Gasteiger partial charge in [0.2, 0.25) is 17.7 Å². The second-order valence-corrected chi connectivity index (χ2v) is 12.6. The Morgan fingerprint density at radius 3 is 2.37 bits per heavy atom. The van der Waals surface area contributed by atoms with E-state index >= 15 is 4.39 Å². The molecule has 252 valence electrons. The summed E-state index contributed by atoms with van der Waals surface area (Å²) in [5.74, 6) is -2.41. The number of benzene rings is 1. The molecule has 1 aromatic carbocycles. The van der Waals surface area contributed by atoms with Gasteiger partial charge in [0.25, 0.3) is 5.91 Å². The number of amides is 4. The maximum absolute atomic E-state index is 15.6. The first-order valence-electron chi connectivity index (χ1n) is 16.2. The van der Waals surface area contributed by atoms with Gasteiger partial charge in [-0.05, 0) is 62.4 Å². The van der Waals surface area contributed by atoms with Gasteiger partial charge in [-0.3, -0.25) is 23.9 Å². The lowest BCUT2D eigenvalue weighted by Crippen LogP contribution is -2.56. The highest BCUT2D eigenvalue weighted by molar-refractivity contribution is 6.00. The van der Waals surface area contributed by atoms with Crippen molar-refractivity contribution in [2.45, 2.75) is 71.0 Å². The van der Waals surface area contributed by atoms with E-state index in [-0.39, 0.29) is 24.1 Å². The van der Waals surface area contributed by atoms with E-state index in [9.17, 15) is 19.2 Å². The lowest BCUT2D eigenvalue weighted by atomic mass is 9.79. The molecule has 4 amide bonds. The molecule has 2 heterocycles. The van der Waals surface area contributed by atoms with Gasteiger partial charge in [0.05, 0.1) is 5.69 Å². The van der Waals surface area contributed by atoms with Crippen molar-refractivity contribution in [2.75, 3.05) is 52.3 Å². The number of hydrogen-bond donors (Lipinski definition) is 3. The Hall–Kier alpha value is -3.84. The third-order valence-corrected chi connectivity index (χ3v) is 9.30. The van der Waals surface area contributed by atoms with Crippen LogP contribution in [0.5, 0.6) is 0 Å². The summed E-state index contributed by atoms with van der Waals surface area (Å²) in [6.45, 7) is 8.58. The van der Waals surface area contributed by atoms with E-state index in [1.165, 1.54) is 19.2 Å². The molecule has 46 heavy (non-hydrogen) atoms. The van der Waals surface area contributed by atoms with Gasteiger partial charge in [-0.1, -0.05) is 32.8 Å². The zero-order valence-electron chi connectivity index (χ0n) is 27.6. The number of piperazine rings is 1. The lowest BCUT2D eigenvalue weighted by Gasteiger charge is -2.36. The molecule has 4 rings (SSSR count). The highest BCUT2D eigenvalue weighted by Gasteiger charge is 2.35. The largest absolute Gasteiger partial charge is 0.375 e. The van der Waals surface area contributed by atoms with Crippen LogP contribution in [0.25, 0.3) is 0 Å². The molecule has 3 N–H and O–H groups in total. The Bertz CT molecular complexity index is 1370. The molecule has 12 nitrogen and oxygen atoms in total. The first-order chi connectivity index (χ1) is 22.0. The van der Waals surface area contributed by atoms with Crippen LogP contribution >= 0.6 is 0 Å². The second kappa shape index (κ2) is 16.1. The van der Waals surface area contributed by atoms with E-state index in [2.05, 4.69) is 32.9 Å². The van der Waals surface area contributed by atoms with Crippen LogP contribution in [0.3, 0.4) is 0 Å². The monoisotopic (exact) mass is 641 g/mol. The minimum Gasteiger partial charge on any atom is -0.375 e. The summed E-state index contributed by atoms with van der Waals surface area (Å²) in [6, 6.07) is 4.20. The van der Waals surface area contributed by atoms with Crippen LogP contribution in [0.1, 0.15) is 68.4 Å². The van der Waals surface area contributed by atoms with Crippen LogP contribution in [0.15, 0.2) is 30.5 Å². The van der Waals surface area contributed by atoms with Crippen LogP contribution in [0, 0.1) is 17.7 Å². The summed E-state index contributed by atoms with van der Waals surface area (Å²) in [5.41, 5.74) is 0.806. The Morgan fingerprint density at radius 2 is 1.74 bits per heavy atom. The Kier molecular flexibility index (Phi) is 12.3. The average molecular weight is 642 g/mol. The zero-order chi connectivity index (χ0) is 33.4. The molecule has 1 saturated carbocycles. The van der Waals surface area contributed by atoms with Crippen LogP contribution < -0.4 is 16.0 Å². The van der Waals surface area contributed by atoms with Gasteiger partial charge in [0, 0.05) is 51.9 Å². The number of rotatable bonds is 12. The van der Waals surface area contributed by atoms with E-state index < -0.39 is 41.5 Å². The standard InChI is InChI=1S/C33H48FN7O5/c1-6-41-27(13-14-35-41)31(43)38-30(23-9-7-21(2)8-10-23)32(44)36-26-12-11-24(19-25(26)34)22(3)29(37-28(42)20-46-5)33(45)40-17-15-39(4)16-18-40/h11-14,19,21-23,29-30H,6-10,15-18,20H2,1-5H3,(H,36,44)(H,37,42)(H,38,43)/t21?,22-,23?,29+,30-/m0/s1. The smallest absolute Gasteiger partial charge is 0.270 e. The first kappa shape index (κ1) is 35.0. The normalized spacial score (nSPS) is 20.8. The van der Waals surface area contributed by atoms with Crippen molar-refractivity contribution in [3.8, 4) is 0 Å². The van der Waals surface area contributed by atoms with Gasteiger partial charge in [0.15, 0.2) is 0 Å². The van der Waals surface area contributed by atoms with E-state index in [4.69, 9.17) is 4.74 Å². The quantitative estimate of drug-likeness (QED) is 0.324. The van der Waals surface area contributed by atoms with Crippen molar-refractivity contribution in [1.29, 1.82) is 0 Å². The van der Waals surface area contributed by atoms with Crippen molar-refractivity contribution in [3.63, 3.8) is 0 Å². The van der Waals surface area contributed by atoms with Crippen LogP contribution in [0.4, 0.5) is 10.1 Å². The van der Waals surface area contributed by atoms with Crippen LogP contribution in [-0.2, 0) is 25.7 Å². The number of halogens is 1. The fourth-order valence-electron chi connectivity index (χ4n) is 6.30. The minimum absolute atomic E-state index is 0.0339. The van der Waals surface area contributed by atoms with Gasteiger partial charge in [-0.25, -0.2) is 4.39 Å². The predicted molar refractivity (Wildman–Crippen MR) is 172 cm³/mol. The molecule has 1 aromatic heterocycles. The van der Waals surface area contributed by atoms with E-state index in [0.29, 0.717) is 49.9 Å². The molecule has 1 saturated heterocycles. The number of carbonyl (C=O) groups excluding carboxylic acids is 4. The van der Waals surface area contributed by atoms with Crippen molar-refractivity contribution < 1.29 is 28.3 Å². The predicted octanol–water partition coefficient (Wildman–Crippen LogP) is 2.61. The fourth-order valence-corrected chi connectivity index (χ4v) is 6.30. The van der Waals surface area contributed by atoms with Gasteiger partial charge in [0.1, 0.15) is 30.2 Å². The Balaban J connectivity index is 1.52. The van der Waals surface area contributed by atoms with E-state index in [1.807, 2.05) is 14.0 Å². The van der Waals surface area contributed by atoms with Crippen molar-refractivity contribution in [3.05, 3.63) is 47.5 Å². The topological polar surface area (TPSA) is 138 Å². The number of ether oxygens (including phenoxy) is 1. The molecular weight excluding hydrogens is 593 g/mol. The number of hydrogen-bond acceptors (Lipinski definition) is 7. The molecule has 2 fully saturated rings. The maximum Gasteiger partial charge on any atom is 0.270 e. The molecule has 0 radical (unpaired) electrons. The van der Waals surface area contributed by atoms with Crippen molar-refractivity contribution in [2.24, 2.45) is 11.8 Å². The minimum atomic E-state index is -0.934. The molecule has 1 aliphatic heterocycles. The summed E-state index contributed by atoms with van der Waals surface area (Å²) >= 11 is 0. The molecule has 2 aromatic rings.